The van der Waals surface area contributed by atoms with Gasteiger partial charge in [-0.3, -0.25) is 4.21 Å². The third-order valence-electron chi connectivity index (χ3n) is 2.56. The van der Waals surface area contributed by atoms with Gasteiger partial charge >= 0.3 is 0 Å². The van der Waals surface area contributed by atoms with E-state index in [0.29, 0.717) is 19.1 Å². The first kappa shape index (κ1) is 14.1. The Morgan fingerprint density at radius 2 is 1.94 bits per heavy atom. The first-order valence-electron chi connectivity index (χ1n) is 5.59. The molecule has 1 heterocycles. The van der Waals surface area contributed by atoms with E-state index in [0.717, 1.165) is 24.3 Å². The van der Waals surface area contributed by atoms with E-state index in [1.165, 1.54) is 0 Å². The third kappa shape index (κ3) is 5.38. The minimum atomic E-state index is -3.12. The lowest BCUT2D eigenvalue weighted by atomic mass is 10.1. The van der Waals surface area contributed by atoms with Crippen LogP contribution < -0.4 is 10.0 Å². The van der Waals surface area contributed by atoms with Gasteiger partial charge in [-0.05, 0) is 12.8 Å². The molecule has 7 heteroatoms. The van der Waals surface area contributed by atoms with Crippen molar-refractivity contribution in [3.8, 4) is 0 Å². The summed E-state index contributed by atoms with van der Waals surface area (Å²) >= 11 is 0. The summed E-state index contributed by atoms with van der Waals surface area (Å²) in [6.45, 7) is 2.67. The fourth-order valence-corrected chi connectivity index (χ4v) is 3.96. The Balaban J connectivity index is 2.18. The molecule has 2 N–H and O–H groups in total. The maximum absolute atomic E-state index is 11.3. The van der Waals surface area contributed by atoms with Crippen LogP contribution in [0.4, 0.5) is 0 Å². The molecule has 0 aromatic carbocycles. The van der Waals surface area contributed by atoms with Crippen molar-refractivity contribution < 1.29 is 12.6 Å². The largest absolute Gasteiger partial charge is 0.313 e. The minimum absolute atomic E-state index is 0.112. The summed E-state index contributed by atoms with van der Waals surface area (Å²) in [6, 6.07) is 0.328. The van der Waals surface area contributed by atoms with Gasteiger partial charge in [-0.15, -0.1) is 0 Å². The Morgan fingerprint density at radius 3 is 2.50 bits per heavy atom. The standard InChI is InChI=1S/C9H20N2O3S2/c1-2-11-16(13,14)8-5-10-9-3-6-15(12)7-4-9/h9-11H,2-8H2,1H3. The Bertz CT molecular complexity index is 320. The predicted octanol–water partition coefficient (Wildman–Crippen LogP) is -0.574. The molecule has 0 bridgehead atoms. The summed E-state index contributed by atoms with van der Waals surface area (Å²) in [5, 5.41) is 3.20. The van der Waals surface area contributed by atoms with Crippen molar-refractivity contribution >= 4 is 20.8 Å². The van der Waals surface area contributed by atoms with E-state index >= 15 is 0 Å². The van der Waals surface area contributed by atoms with Gasteiger partial charge in [0.2, 0.25) is 10.0 Å². The van der Waals surface area contributed by atoms with E-state index in [-0.39, 0.29) is 5.75 Å². The molecule has 96 valence electrons. The van der Waals surface area contributed by atoms with Crippen LogP contribution in [-0.2, 0) is 20.8 Å². The number of rotatable bonds is 6. The van der Waals surface area contributed by atoms with Crippen LogP contribution in [0.25, 0.3) is 0 Å². The van der Waals surface area contributed by atoms with Crippen molar-refractivity contribution in [3.63, 3.8) is 0 Å². The highest BCUT2D eigenvalue weighted by Crippen LogP contribution is 2.08. The second-order valence-corrected chi connectivity index (χ2v) is 7.52. The Labute approximate surface area is 99.9 Å². The lowest BCUT2D eigenvalue weighted by Crippen LogP contribution is -2.39. The van der Waals surface area contributed by atoms with Gasteiger partial charge < -0.3 is 5.32 Å². The molecule has 5 nitrogen and oxygen atoms in total. The van der Waals surface area contributed by atoms with Gasteiger partial charge in [0.25, 0.3) is 0 Å². The second kappa shape index (κ2) is 6.68. The SMILES string of the molecule is CCNS(=O)(=O)CCNC1CCS(=O)CC1. The zero-order valence-corrected chi connectivity index (χ0v) is 11.2. The average molecular weight is 268 g/mol. The average Bonchev–Trinajstić information content (AvgIpc) is 2.20. The van der Waals surface area contributed by atoms with Crippen LogP contribution in [0.2, 0.25) is 0 Å². The van der Waals surface area contributed by atoms with Crippen LogP contribution in [-0.4, -0.2) is 49.0 Å². The normalized spacial score (nSPS) is 26.8. The third-order valence-corrected chi connectivity index (χ3v) is 5.41. The number of hydrogen-bond donors (Lipinski definition) is 2. The van der Waals surface area contributed by atoms with E-state index < -0.39 is 20.8 Å². The zero-order valence-electron chi connectivity index (χ0n) is 9.57. The molecule has 1 saturated heterocycles. The van der Waals surface area contributed by atoms with Crippen LogP contribution in [0.1, 0.15) is 19.8 Å². The van der Waals surface area contributed by atoms with Gasteiger partial charge in [-0.1, -0.05) is 6.92 Å². The molecule has 0 amide bonds. The maximum Gasteiger partial charge on any atom is 0.212 e. The lowest BCUT2D eigenvalue weighted by Gasteiger charge is -2.22. The van der Waals surface area contributed by atoms with Crippen LogP contribution in [0.5, 0.6) is 0 Å². The second-order valence-electron chi connectivity index (χ2n) is 3.89. The van der Waals surface area contributed by atoms with Crippen molar-refractivity contribution in [1.29, 1.82) is 0 Å². The Kier molecular flexibility index (Phi) is 5.88. The first-order chi connectivity index (χ1) is 7.53. The maximum atomic E-state index is 11.3. The van der Waals surface area contributed by atoms with Crippen molar-refractivity contribution in [2.45, 2.75) is 25.8 Å². The molecule has 0 aromatic rings. The predicted molar refractivity (Wildman–Crippen MR) is 66.4 cm³/mol. The first-order valence-corrected chi connectivity index (χ1v) is 8.73. The highest BCUT2D eigenvalue weighted by atomic mass is 32.2. The van der Waals surface area contributed by atoms with E-state index in [4.69, 9.17) is 0 Å². The molecule has 16 heavy (non-hydrogen) atoms. The summed E-state index contributed by atoms with van der Waals surface area (Å²) in [4.78, 5) is 0. The lowest BCUT2D eigenvalue weighted by molar-refractivity contribution is 0.486. The van der Waals surface area contributed by atoms with E-state index in [2.05, 4.69) is 10.0 Å². The van der Waals surface area contributed by atoms with Gasteiger partial charge in [-0.2, -0.15) is 0 Å². The molecule has 1 aliphatic heterocycles. The fourth-order valence-electron chi connectivity index (χ4n) is 1.69. The fraction of sp³-hybridized carbons (Fsp3) is 1.00. The smallest absolute Gasteiger partial charge is 0.212 e. The highest BCUT2D eigenvalue weighted by molar-refractivity contribution is 7.89. The molecule has 0 aromatic heterocycles. The van der Waals surface area contributed by atoms with Crippen LogP contribution >= 0.6 is 0 Å². The van der Waals surface area contributed by atoms with Gasteiger partial charge in [0, 0.05) is 41.4 Å². The highest BCUT2D eigenvalue weighted by Gasteiger charge is 2.17. The van der Waals surface area contributed by atoms with Crippen molar-refractivity contribution in [2.75, 3.05) is 30.3 Å². The van der Waals surface area contributed by atoms with Gasteiger partial charge in [0.15, 0.2) is 0 Å². The molecule has 0 radical (unpaired) electrons. The molecule has 0 atom stereocenters. The molecule has 0 unspecified atom stereocenters. The zero-order chi connectivity index (χ0) is 12.0. The summed E-state index contributed by atoms with van der Waals surface area (Å²) in [6.07, 6.45) is 1.77. The van der Waals surface area contributed by atoms with Crippen molar-refractivity contribution in [3.05, 3.63) is 0 Å². The minimum Gasteiger partial charge on any atom is -0.313 e. The Morgan fingerprint density at radius 1 is 1.31 bits per heavy atom. The van der Waals surface area contributed by atoms with Gasteiger partial charge in [0.1, 0.15) is 0 Å². The van der Waals surface area contributed by atoms with Crippen LogP contribution in [0, 0.1) is 0 Å². The molecular formula is C9H20N2O3S2. The van der Waals surface area contributed by atoms with Crippen LogP contribution in [0.3, 0.4) is 0 Å². The number of sulfonamides is 1. The number of hydrogen-bond acceptors (Lipinski definition) is 4. The molecule has 1 fully saturated rings. The van der Waals surface area contributed by atoms with Gasteiger partial charge in [0.05, 0.1) is 5.75 Å². The topological polar surface area (TPSA) is 75.3 Å². The van der Waals surface area contributed by atoms with Crippen molar-refractivity contribution in [1.82, 2.24) is 10.0 Å². The summed E-state index contributed by atoms with van der Waals surface area (Å²) in [5.41, 5.74) is 0. The summed E-state index contributed by atoms with van der Waals surface area (Å²) < 4.78 is 36.2. The van der Waals surface area contributed by atoms with E-state index in [9.17, 15) is 12.6 Å². The molecule has 1 rings (SSSR count). The molecular weight excluding hydrogens is 248 g/mol. The van der Waals surface area contributed by atoms with Crippen molar-refractivity contribution in [2.24, 2.45) is 0 Å². The van der Waals surface area contributed by atoms with Crippen LogP contribution in [0.15, 0.2) is 0 Å². The van der Waals surface area contributed by atoms with Gasteiger partial charge in [-0.25, -0.2) is 13.1 Å². The quantitative estimate of drug-likeness (QED) is 0.676. The monoisotopic (exact) mass is 268 g/mol. The van der Waals surface area contributed by atoms with E-state index in [1.54, 1.807) is 6.92 Å². The van der Waals surface area contributed by atoms with E-state index in [1.807, 2.05) is 0 Å². The summed E-state index contributed by atoms with van der Waals surface area (Å²) in [5.74, 6) is 1.58. The molecule has 0 spiro atoms. The Hall–Kier alpha value is 0.0200. The number of nitrogens with one attached hydrogen (secondary N) is 2. The molecule has 0 aliphatic carbocycles. The molecule has 0 saturated carbocycles. The molecule has 1 aliphatic rings. The summed E-state index contributed by atoms with van der Waals surface area (Å²) in [7, 11) is -3.77.